The second-order valence-electron chi connectivity index (χ2n) is 5.40. The smallest absolute Gasteiger partial charge is 0.128 e. The van der Waals surface area contributed by atoms with Gasteiger partial charge >= 0.3 is 0 Å². The van der Waals surface area contributed by atoms with Gasteiger partial charge in [-0.25, -0.2) is 4.98 Å². The van der Waals surface area contributed by atoms with Crippen LogP contribution in [0.1, 0.15) is 43.4 Å². The van der Waals surface area contributed by atoms with Gasteiger partial charge in [-0.05, 0) is 50.3 Å². The van der Waals surface area contributed by atoms with Crippen LogP contribution in [0.25, 0.3) is 0 Å². The average molecular weight is 263 g/mol. The summed E-state index contributed by atoms with van der Waals surface area (Å²) in [6.07, 6.45) is 5.56. The first-order valence-corrected chi connectivity index (χ1v) is 7.16. The summed E-state index contributed by atoms with van der Waals surface area (Å²) in [5.41, 5.74) is 8.39. The lowest BCUT2D eigenvalue weighted by molar-refractivity contribution is 0.0506. The average Bonchev–Trinajstić information content (AvgIpc) is 3.20. The number of anilines is 1. The lowest BCUT2D eigenvalue weighted by atomic mass is 9.94. The number of hydrogen-bond donors (Lipinski definition) is 2. The molecule has 1 heterocycles. The molecule has 1 aromatic heterocycles. The molecule has 0 radical (unpaired) electrons. The van der Waals surface area contributed by atoms with E-state index in [4.69, 9.17) is 10.5 Å². The van der Waals surface area contributed by atoms with Crippen LogP contribution < -0.4 is 11.1 Å². The van der Waals surface area contributed by atoms with Gasteiger partial charge in [0.2, 0.25) is 0 Å². The van der Waals surface area contributed by atoms with Gasteiger partial charge in [0.1, 0.15) is 5.82 Å². The third-order valence-corrected chi connectivity index (χ3v) is 3.85. The van der Waals surface area contributed by atoms with Crippen molar-refractivity contribution in [2.75, 3.05) is 19.4 Å². The van der Waals surface area contributed by atoms with E-state index in [2.05, 4.69) is 24.1 Å². The maximum atomic E-state index is 6.10. The number of methoxy groups -OCH3 is 1. The Balaban J connectivity index is 2.30. The monoisotopic (exact) mass is 263 g/mol. The van der Waals surface area contributed by atoms with E-state index in [-0.39, 0.29) is 12.1 Å². The topological polar surface area (TPSA) is 60.2 Å². The molecule has 106 valence electrons. The highest BCUT2D eigenvalue weighted by Crippen LogP contribution is 2.41. The van der Waals surface area contributed by atoms with E-state index < -0.39 is 0 Å². The van der Waals surface area contributed by atoms with Crippen molar-refractivity contribution in [3.05, 3.63) is 23.4 Å². The summed E-state index contributed by atoms with van der Waals surface area (Å²) in [5.74, 6) is 1.27. The molecular formula is C15H25N3O. The van der Waals surface area contributed by atoms with Crippen molar-refractivity contribution in [1.82, 2.24) is 10.3 Å². The summed E-state index contributed by atoms with van der Waals surface area (Å²) < 4.78 is 5.75. The van der Waals surface area contributed by atoms with Crippen LogP contribution in [0.2, 0.25) is 0 Å². The summed E-state index contributed by atoms with van der Waals surface area (Å²) in [7, 11) is 1.80. The second kappa shape index (κ2) is 6.35. The van der Waals surface area contributed by atoms with Gasteiger partial charge in [0.15, 0.2) is 0 Å². The summed E-state index contributed by atoms with van der Waals surface area (Å²) >= 11 is 0. The number of aromatic nitrogens is 1. The predicted molar refractivity (Wildman–Crippen MR) is 77.9 cm³/mol. The van der Waals surface area contributed by atoms with E-state index in [9.17, 15) is 0 Å². The van der Waals surface area contributed by atoms with Crippen molar-refractivity contribution >= 4 is 5.82 Å². The highest BCUT2D eigenvalue weighted by atomic mass is 16.5. The number of aryl methyl sites for hydroxylation is 1. The molecule has 3 N–H and O–H groups in total. The number of nitrogens with one attached hydrogen (secondary N) is 1. The third-order valence-electron chi connectivity index (χ3n) is 3.85. The molecule has 0 spiro atoms. The van der Waals surface area contributed by atoms with E-state index in [1.165, 1.54) is 18.4 Å². The standard InChI is InChI=1S/C15H25N3O/c1-4-8-17-13(14(19-3)11-5-6-11)12-10(2)7-9-18-15(12)16/h7,9,11,13-14,17H,4-6,8H2,1-3H3,(H2,16,18). The van der Waals surface area contributed by atoms with Crippen LogP contribution in [0.4, 0.5) is 5.82 Å². The molecule has 1 fully saturated rings. The van der Waals surface area contributed by atoms with Crippen LogP contribution in [0.3, 0.4) is 0 Å². The van der Waals surface area contributed by atoms with Crippen molar-refractivity contribution in [3.63, 3.8) is 0 Å². The summed E-state index contributed by atoms with van der Waals surface area (Å²) in [6, 6.07) is 2.16. The van der Waals surface area contributed by atoms with Crippen LogP contribution in [-0.4, -0.2) is 24.7 Å². The molecule has 0 aromatic carbocycles. The zero-order valence-electron chi connectivity index (χ0n) is 12.1. The van der Waals surface area contributed by atoms with Gasteiger partial charge in [0.05, 0.1) is 12.1 Å². The number of nitrogens with two attached hydrogens (primary N) is 1. The van der Waals surface area contributed by atoms with Crippen molar-refractivity contribution in [2.45, 2.75) is 45.3 Å². The Kier molecular flexibility index (Phi) is 4.77. The fourth-order valence-corrected chi connectivity index (χ4v) is 2.70. The number of ether oxygens (including phenoxy) is 1. The summed E-state index contributed by atoms with van der Waals surface area (Å²) in [5, 5.41) is 3.59. The molecule has 2 rings (SSSR count). The minimum Gasteiger partial charge on any atom is -0.383 e. The van der Waals surface area contributed by atoms with Gasteiger partial charge in [0, 0.05) is 18.9 Å². The molecule has 1 aliphatic carbocycles. The molecule has 2 unspecified atom stereocenters. The second-order valence-corrected chi connectivity index (χ2v) is 5.40. The van der Waals surface area contributed by atoms with Gasteiger partial charge < -0.3 is 15.8 Å². The van der Waals surface area contributed by atoms with Gasteiger partial charge in [-0.2, -0.15) is 0 Å². The molecule has 0 bridgehead atoms. The van der Waals surface area contributed by atoms with Gasteiger partial charge in [0.25, 0.3) is 0 Å². The van der Waals surface area contributed by atoms with Crippen molar-refractivity contribution < 1.29 is 4.74 Å². The fraction of sp³-hybridized carbons (Fsp3) is 0.667. The zero-order chi connectivity index (χ0) is 13.8. The highest BCUT2D eigenvalue weighted by Gasteiger charge is 2.38. The van der Waals surface area contributed by atoms with E-state index in [1.807, 2.05) is 6.07 Å². The van der Waals surface area contributed by atoms with E-state index in [1.54, 1.807) is 13.3 Å². The first-order chi connectivity index (χ1) is 9.19. The minimum absolute atomic E-state index is 0.145. The molecule has 1 aromatic rings. The molecule has 19 heavy (non-hydrogen) atoms. The molecule has 4 heteroatoms. The van der Waals surface area contributed by atoms with E-state index in [0.29, 0.717) is 11.7 Å². The van der Waals surface area contributed by atoms with Crippen molar-refractivity contribution in [3.8, 4) is 0 Å². The Morgan fingerprint density at radius 3 is 2.79 bits per heavy atom. The minimum atomic E-state index is 0.145. The SMILES string of the molecule is CCCNC(c1c(C)ccnc1N)C(OC)C1CC1. The predicted octanol–water partition coefficient (Wildman–Crippen LogP) is 2.44. The summed E-state index contributed by atoms with van der Waals surface area (Å²) in [4.78, 5) is 4.25. The van der Waals surface area contributed by atoms with Crippen LogP contribution in [0.5, 0.6) is 0 Å². The Hall–Kier alpha value is -1.13. The largest absolute Gasteiger partial charge is 0.383 e. The van der Waals surface area contributed by atoms with E-state index >= 15 is 0 Å². The maximum absolute atomic E-state index is 6.10. The molecule has 0 amide bonds. The Bertz CT molecular complexity index is 398. The number of pyridine rings is 1. The highest BCUT2D eigenvalue weighted by molar-refractivity contribution is 5.46. The normalized spacial score (nSPS) is 18.3. The number of rotatable bonds is 7. The van der Waals surface area contributed by atoms with Gasteiger partial charge in [-0.1, -0.05) is 6.92 Å². The van der Waals surface area contributed by atoms with Crippen LogP contribution in [0.15, 0.2) is 12.3 Å². The summed E-state index contributed by atoms with van der Waals surface area (Å²) in [6.45, 7) is 5.22. The molecule has 1 aliphatic rings. The van der Waals surface area contributed by atoms with Gasteiger partial charge in [-0.15, -0.1) is 0 Å². The first-order valence-electron chi connectivity index (χ1n) is 7.16. The zero-order valence-corrected chi connectivity index (χ0v) is 12.1. The number of hydrogen-bond acceptors (Lipinski definition) is 4. The van der Waals surface area contributed by atoms with Gasteiger partial charge in [-0.3, -0.25) is 0 Å². The number of nitrogens with zero attached hydrogens (tertiary/aromatic N) is 1. The third kappa shape index (κ3) is 3.25. The molecule has 1 saturated carbocycles. The molecular weight excluding hydrogens is 238 g/mol. The lowest BCUT2D eigenvalue weighted by Gasteiger charge is -2.29. The molecule has 4 nitrogen and oxygen atoms in total. The molecule has 0 saturated heterocycles. The van der Waals surface area contributed by atoms with E-state index in [0.717, 1.165) is 18.5 Å². The van der Waals surface area contributed by atoms with Crippen LogP contribution >= 0.6 is 0 Å². The lowest BCUT2D eigenvalue weighted by Crippen LogP contribution is -2.36. The van der Waals surface area contributed by atoms with Crippen LogP contribution in [0, 0.1) is 12.8 Å². The van der Waals surface area contributed by atoms with Crippen LogP contribution in [-0.2, 0) is 4.74 Å². The van der Waals surface area contributed by atoms with Crippen molar-refractivity contribution in [2.24, 2.45) is 5.92 Å². The quantitative estimate of drug-likeness (QED) is 0.793. The van der Waals surface area contributed by atoms with Crippen molar-refractivity contribution in [1.29, 1.82) is 0 Å². The fourth-order valence-electron chi connectivity index (χ4n) is 2.70. The number of nitrogen functional groups attached to an aromatic ring is 1. The molecule has 2 atom stereocenters. The Morgan fingerprint density at radius 2 is 2.26 bits per heavy atom. The Labute approximate surface area is 115 Å². The molecule has 0 aliphatic heterocycles. The Morgan fingerprint density at radius 1 is 1.53 bits per heavy atom. The first kappa shape index (κ1) is 14.3. The maximum Gasteiger partial charge on any atom is 0.128 e.